The molecule has 0 radical (unpaired) electrons. The van der Waals surface area contributed by atoms with Crippen LogP contribution in [0.5, 0.6) is 0 Å². The van der Waals surface area contributed by atoms with Crippen molar-refractivity contribution >= 4 is 17.5 Å². The Morgan fingerprint density at radius 1 is 1.07 bits per heavy atom. The van der Waals surface area contributed by atoms with Crippen LogP contribution in [0.25, 0.3) is 0 Å². The summed E-state index contributed by atoms with van der Waals surface area (Å²) in [4.78, 5) is 16.5. The molecule has 0 bridgehead atoms. The lowest BCUT2D eigenvalue weighted by molar-refractivity contribution is 0.0951. The first kappa shape index (κ1) is 19.0. The first-order valence-corrected chi connectivity index (χ1v) is 9.63. The van der Waals surface area contributed by atoms with Crippen LogP contribution >= 0.6 is 11.6 Å². The van der Waals surface area contributed by atoms with Gasteiger partial charge in [0.1, 0.15) is 0 Å². The third kappa shape index (κ3) is 4.92. The van der Waals surface area contributed by atoms with Gasteiger partial charge in [0.05, 0.1) is 24.6 Å². The minimum atomic E-state index is -0.157. The molecule has 4 aromatic rings. The Morgan fingerprint density at radius 2 is 1.93 bits per heavy atom. The van der Waals surface area contributed by atoms with Crippen LogP contribution in [0.4, 0.5) is 0 Å². The molecule has 0 fully saturated rings. The number of carbonyl (C=O) groups excluding carboxylic acids is 1. The predicted molar refractivity (Wildman–Crippen MR) is 112 cm³/mol. The van der Waals surface area contributed by atoms with E-state index in [0.717, 1.165) is 23.2 Å². The van der Waals surface area contributed by atoms with Gasteiger partial charge in [-0.1, -0.05) is 54.1 Å². The smallest absolute Gasteiger partial charge is 0.254 e. The van der Waals surface area contributed by atoms with Crippen LogP contribution < -0.4 is 5.32 Å². The molecular weight excluding hydrogens is 386 g/mol. The van der Waals surface area contributed by atoms with E-state index in [2.05, 4.69) is 27.5 Å². The Kier molecular flexibility index (Phi) is 5.72. The summed E-state index contributed by atoms with van der Waals surface area (Å²) in [6.45, 7) is 1.71. The second-order valence-electron chi connectivity index (χ2n) is 6.76. The van der Waals surface area contributed by atoms with Gasteiger partial charge in [-0.15, -0.1) is 0 Å². The van der Waals surface area contributed by atoms with Gasteiger partial charge in [0.2, 0.25) is 0 Å². The van der Waals surface area contributed by atoms with Gasteiger partial charge < -0.3 is 9.88 Å². The van der Waals surface area contributed by atoms with E-state index in [9.17, 15) is 4.79 Å². The number of hydrogen-bond donors (Lipinski definition) is 1. The number of benzene rings is 2. The second kappa shape index (κ2) is 8.75. The lowest BCUT2D eigenvalue weighted by atomic mass is 10.1. The van der Waals surface area contributed by atoms with Crippen molar-refractivity contribution in [3.63, 3.8) is 0 Å². The number of aromatic nitrogens is 4. The molecule has 0 saturated carbocycles. The van der Waals surface area contributed by atoms with Crippen molar-refractivity contribution in [1.82, 2.24) is 24.6 Å². The van der Waals surface area contributed by atoms with Crippen LogP contribution in [0.3, 0.4) is 0 Å². The average Bonchev–Trinajstić information content (AvgIpc) is 3.40. The molecule has 29 heavy (non-hydrogen) atoms. The molecule has 146 valence electrons. The summed E-state index contributed by atoms with van der Waals surface area (Å²) in [5, 5.41) is 7.91. The molecule has 0 aliphatic carbocycles. The van der Waals surface area contributed by atoms with E-state index < -0.39 is 0 Å². The number of nitrogens with zero attached hydrogens (tertiary/aromatic N) is 4. The number of nitrogens with one attached hydrogen (secondary N) is 1. The van der Waals surface area contributed by atoms with Crippen molar-refractivity contribution in [2.24, 2.45) is 0 Å². The Bertz CT molecular complexity index is 1100. The Hall–Kier alpha value is -3.38. The molecule has 2 aromatic carbocycles. The molecular formula is C22H20ClN5O. The van der Waals surface area contributed by atoms with Crippen molar-refractivity contribution in [3.05, 3.63) is 107 Å². The summed E-state index contributed by atoms with van der Waals surface area (Å²) in [5.74, 6) is -0.157. The normalized spacial score (nSPS) is 10.8. The van der Waals surface area contributed by atoms with Crippen LogP contribution in [-0.4, -0.2) is 25.2 Å². The molecule has 0 aliphatic rings. The fourth-order valence-corrected chi connectivity index (χ4v) is 3.28. The van der Waals surface area contributed by atoms with Gasteiger partial charge in [-0.25, -0.2) is 4.98 Å². The lowest BCUT2D eigenvalue weighted by Crippen LogP contribution is -2.22. The summed E-state index contributed by atoms with van der Waals surface area (Å²) in [6.07, 6.45) is 8.77. The molecule has 1 N–H and O–H groups in total. The zero-order valence-electron chi connectivity index (χ0n) is 15.7. The minimum Gasteiger partial charge on any atom is -0.348 e. The van der Waals surface area contributed by atoms with Crippen molar-refractivity contribution < 1.29 is 4.79 Å². The Balaban J connectivity index is 1.35. The summed E-state index contributed by atoms with van der Waals surface area (Å²) in [6, 6.07) is 15.7. The molecule has 0 atom stereocenters. The third-order valence-corrected chi connectivity index (χ3v) is 4.92. The van der Waals surface area contributed by atoms with E-state index in [4.69, 9.17) is 11.6 Å². The van der Waals surface area contributed by atoms with Crippen LogP contribution in [0.1, 0.15) is 27.0 Å². The highest BCUT2D eigenvalue weighted by molar-refractivity contribution is 6.31. The second-order valence-corrected chi connectivity index (χ2v) is 7.16. The van der Waals surface area contributed by atoms with Gasteiger partial charge in [-0.05, 0) is 22.8 Å². The summed E-state index contributed by atoms with van der Waals surface area (Å²) in [5.41, 5.74) is 3.67. The van der Waals surface area contributed by atoms with E-state index in [1.165, 1.54) is 0 Å². The topological polar surface area (TPSA) is 64.7 Å². The van der Waals surface area contributed by atoms with Crippen LogP contribution in [0, 0.1) is 0 Å². The zero-order valence-corrected chi connectivity index (χ0v) is 16.5. The molecule has 1 amide bonds. The number of hydrogen-bond acceptors (Lipinski definition) is 3. The molecule has 6 nitrogen and oxygen atoms in total. The van der Waals surface area contributed by atoms with E-state index in [1.807, 2.05) is 47.2 Å². The standard InChI is InChI=1S/C22H20ClN5O/c23-21-7-2-1-6-19(21)14-28-15-20(12-26-28)22(29)25-11-17-4-3-5-18(10-17)13-27-9-8-24-16-27/h1-10,12,15-16H,11,13-14H2,(H,25,29). The highest BCUT2D eigenvalue weighted by atomic mass is 35.5. The maximum atomic E-state index is 12.5. The van der Waals surface area contributed by atoms with Crippen LogP contribution in [0.2, 0.25) is 5.02 Å². The van der Waals surface area contributed by atoms with E-state index in [0.29, 0.717) is 23.7 Å². The monoisotopic (exact) mass is 405 g/mol. The van der Waals surface area contributed by atoms with Gasteiger partial charge >= 0.3 is 0 Å². The largest absolute Gasteiger partial charge is 0.348 e. The SMILES string of the molecule is O=C(NCc1cccc(Cn2ccnc2)c1)c1cnn(Cc2ccccc2Cl)c1. The molecule has 4 rings (SSSR count). The fraction of sp³-hybridized carbons (Fsp3) is 0.136. The van der Waals surface area contributed by atoms with Crippen LogP contribution in [0.15, 0.2) is 79.6 Å². The minimum absolute atomic E-state index is 0.157. The highest BCUT2D eigenvalue weighted by Gasteiger charge is 2.10. The van der Waals surface area contributed by atoms with Crippen molar-refractivity contribution in [2.75, 3.05) is 0 Å². The summed E-state index contributed by atoms with van der Waals surface area (Å²) >= 11 is 6.19. The van der Waals surface area contributed by atoms with E-state index in [-0.39, 0.29) is 5.91 Å². The number of imidazole rings is 1. The first-order chi connectivity index (χ1) is 14.2. The van der Waals surface area contributed by atoms with E-state index >= 15 is 0 Å². The number of carbonyl (C=O) groups is 1. The van der Waals surface area contributed by atoms with Gasteiger partial charge in [0.25, 0.3) is 5.91 Å². The Labute approximate surface area is 173 Å². The number of rotatable bonds is 7. The van der Waals surface area contributed by atoms with Gasteiger partial charge in [-0.3, -0.25) is 9.48 Å². The predicted octanol–water partition coefficient (Wildman–Crippen LogP) is 3.76. The quantitative estimate of drug-likeness (QED) is 0.509. The van der Waals surface area contributed by atoms with Crippen molar-refractivity contribution in [3.8, 4) is 0 Å². The van der Waals surface area contributed by atoms with Gasteiger partial charge in [0, 0.05) is 36.7 Å². The zero-order chi connectivity index (χ0) is 20.1. The highest BCUT2D eigenvalue weighted by Crippen LogP contribution is 2.16. The maximum Gasteiger partial charge on any atom is 0.254 e. The Morgan fingerprint density at radius 3 is 2.76 bits per heavy atom. The average molecular weight is 406 g/mol. The third-order valence-electron chi connectivity index (χ3n) is 4.55. The molecule has 0 spiro atoms. The van der Waals surface area contributed by atoms with Crippen LogP contribution in [-0.2, 0) is 19.6 Å². The first-order valence-electron chi connectivity index (χ1n) is 9.25. The summed E-state index contributed by atoms with van der Waals surface area (Å²) in [7, 11) is 0. The maximum absolute atomic E-state index is 12.5. The van der Waals surface area contributed by atoms with Gasteiger partial charge in [-0.2, -0.15) is 5.10 Å². The van der Waals surface area contributed by atoms with E-state index in [1.54, 1.807) is 29.6 Å². The van der Waals surface area contributed by atoms with Crippen molar-refractivity contribution in [2.45, 2.75) is 19.6 Å². The molecule has 0 saturated heterocycles. The van der Waals surface area contributed by atoms with Crippen molar-refractivity contribution in [1.29, 1.82) is 0 Å². The molecule has 2 heterocycles. The van der Waals surface area contributed by atoms with Gasteiger partial charge in [0.15, 0.2) is 0 Å². The lowest BCUT2D eigenvalue weighted by Gasteiger charge is -2.07. The fourth-order valence-electron chi connectivity index (χ4n) is 3.08. The molecule has 7 heteroatoms. The number of halogens is 1. The summed E-state index contributed by atoms with van der Waals surface area (Å²) < 4.78 is 3.72. The molecule has 2 aromatic heterocycles. The molecule has 0 aliphatic heterocycles. The molecule has 0 unspecified atom stereocenters. The number of amides is 1.